The van der Waals surface area contributed by atoms with E-state index in [2.05, 4.69) is 17.5 Å². The van der Waals surface area contributed by atoms with Gasteiger partial charge in [-0.2, -0.15) is 5.10 Å². The smallest absolute Gasteiger partial charge is 0.277 e. The van der Waals surface area contributed by atoms with E-state index in [1.54, 1.807) is 12.1 Å². The Kier molecular flexibility index (Phi) is 5.41. The first-order valence-electron chi connectivity index (χ1n) is 6.86. The second-order valence-electron chi connectivity index (χ2n) is 5.13. The molecule has 1 saturated carbocycles. The molecule has 0 bridgehead atoms. The zero-order valence-corrected chi connectivity index (χ0v) is 12.3. The summed E-state index contributed by atoms with van der Waals surface area (Å²) in [6.07, 6.45) is 4.32. The van der Waals surface area contributed by atoms with Gasteiger partial charge in [0.25, 0.3) is 5.91 Å². The average Bonchev–Trinajstić information content (AvgIpc) is 2.44. The summed E-state index contributed by atoms with van der Waals surface area (Å²) < 4.78 is 5.35. The van der Waals surface area contributed by atoms with Crippen molar-refractivity contribution in [2.45, 2.75) is 32.6 Å². The van der Waals surface area contributed by atoms with Crippen LogP contribution in [0.25, 0.3) is 0 Å². The Morgan fingerprint density at radius 2 is 2.30 bits per heavy atom. The van der Waals surface area contributed by atoms with Crippen LogP contribution in [-0.2, 0) is 4.79 Å². The van der Waals surface area contributed by atoms with Gasteiger partial charge in [0.2, 0.25) is 0 Å². The van der Waals surface area contributed by atoms with Gasteiger partial charge in [-0.25, -0.2) is 5.43 Å². The maximum atomic E-state index is 11.7. The Labute approximate surface area is 124 Å². The van der Waals surface area contributed by atoms with Crippen molar-refractivity contribution in [3.8, 4) is 5.75 Å². The number of hydrogen-bond donors (Lipinski definition) is 1. The topological polar surface area (TPSA) is 50.7 Å². The van der Waals surface area contributed by atoms with Crippen molar-refractivity contribution in [3.63, 3.8) is 0 Å². The van der Waals surface area contributed by atoms with Crippen LogP contribution in [0.1, 0.15) is 32.6 Å². The minimum Gasteiger partial charge on any atom is -0.482 e. The minimum absolute atomic E-state index is 0.0872. The van der Waals surface area contributed by atoms with Gasteiger partial charge in [-0.1, -0.05) is 30.7 Å². The normalized spacial score (nSPS) is 20.7. The predicted octanol–water partition coefficient (Wildman–Crippen LogP) is 3.40. The highest BCUT2D eigenvalue weighted by Crippen LogP contribution is 2.23. The molecule has 1 fully saturated rings. The van der Waals surface area contributed by atoms with Gasteiger partial charge in [-0.3, -0.25) is 4.79 Å². The van der Waals surface area contributed by atoms with E-state index in [1.807, 2.05) is 12.1 Å². The summed E-state index contributed by atoms with van der Waals surface area (Å²) in [6, 6.07) is 7.07. The van der Waals surface area contributed by atoms with Gasteiger partial charge in [0.15, 0.2) is 6.61 Å². The van der Waals surface area contributed by atoms with Gasteiger partial charge in [-0.05, 0) is 43.7 Å². The minimum atomic E-state index is -0.268. The first kappa shape index (κ1) is 14.9. The molecule has 1 N–H and O–H groups in total. The Bertz CT molecular complexity index is 502. The molecular weight excluding hydrogens is 276 g/mol. The molecule has 5 heteroatoms. The Hall–Kier alpha value is -1.55. The molecule has 0 unspecified atom stereocenters. The zero-order chi connectivity index (χ0) is 14.4. The molecule has 1 atom stereocenters. The maximum absolute atomic E-state index is 11.7. The van der Waals surface area contributed by atoms with Crippen LogP contribution in [0.3, 0.4) is 0 Å². The lowest BCUT2D eigenvalue weighted by Crippen LogP contribution is -2.27. The SMILES string of the molecule is C[C@H]1CCC/C(=N/NC(=O)COc2ccccc2Cl)C1. The van der Waals surface area contributed by atoms with E-state index in [-0.39, 0.29) is 12.5 Å². The second-order valence-corrected chi connectivity index (χ2v) is 5.54. The fourth-order valence-electron chi connectivity index (χ4n) is 2.24. The van der Waals surface area contributed by atoms with Crippen LogP contribution in [0, 0.1) is 5.92 Å². The van der Waals surface area contributed by atoms with Gasteiger partial charge in [-0.15, -0.1) is 0 Å². The van der Waals surface area contributed by atoms with Crippen molar-refractivity contribution in [3.05, 3.63) is 29.3 Å². The number of nitrogens with zero attached hydrogens (tertiary/aromatic N) is 1. The molecule has 1 aliphatic carbocycles. The van der Waals surface area contributed by atoms with Crippen molar-refractivity contribution >= 4 is 23.2 Å². The number of benzene rings is 1. The number of halogens is 1. The lowest BCUT2D eigenvalue weighted by Gasteiger charge is -2.18. The summed E-state index contributed by atoms with van der Waals surface area (Å²) >= 11 is 5.94. The molecule has 0 aliphatic heterocycles. The zero-order valence-electron chi connectivity index (χ0n) is 11.6. The standard InChI is InChI=1S/C15H19ClN2O2/c1-11-5-4-6-12(9-11)17-18-15(19)10-20-14-8-3-2-7-13(14)16/h2-3,7-8,11H,4-6,9-10H2,1H3,(H,18,19)/b17-12-/t11-/m0/s1. The number of hydrazone groups is 1. The number of ether oxygens (including phenoxy) is 1. The lowest BCUT2D eigenvalue weighted by molar-refractivity contribution is -0.123. The summed E-state index contributed by atoms with van der Waals surface area (Å²) in [4.78, 5) is 11.7. The fourth-order valence-corrected chi connectivity index (χ4v) is 2.43. The molecule has 1 aromatic carbocycles. The number of rotatable bonds is 4. The third-order valence-electron chi connectivity index (χ3n) is 3.28. The fraction of sp³-hybridized carbons (Fsp3) is 0.467. The van der Waals surface area contributed by atoms with Gasteiger partial charge < -0.3 is 4.74 Å². The van der Waals surface area contributed by atoms with Crippen molar-refractivity contribution in [1.29, 1.82) is 0 Å². The number of para-hydroxylation sites is 1. The molecule has 0 heterocycles. The van der Waals surface area contributed by atoms with Crippen LogP contribution in [0.4, 0.5) is 0 Å². The lowest BCUT2D eigenvalue weighted by atomic mass is 9.89. The molecule has 0 aromatic heterocycles. The number of carbonyl (C=O) groups excluding carboxylic acids is 1. The number of carbonyl (C=O) groups is 1. The van der Waals surface area contributed by atoms with Gasteiger partial charge in [0.1, 0.15) is 5.75 Å². The largest absolute Gasteiger partial charge is 0.482 e. The third kappa shape index (κ3) is 4.53. The predicted molar refractivity (Wildman–Crippen MR) is 80.2 cm³/mol. The summed E-state index contributed by atoms with van der Waals surface area (Å²) in [5.74, 6) is 0.887. The summed E-state index contributed by atoms with van der Waals surface area (Å²) in [7, 11) is 0. The summed E-state index contributed by atoms with van der Waals surface area (Å²) in [5.41, 5.74) is 3.61. The molecule has 108 valence electrons. The molecule has 1 aromatic rings. The van der Waals surface area contributed by atoms with Crippen molar-refractivity contribution in [1.82, 2.24) is 5.43 Å². The Morgan fingerprint density at radius 1 is 1.50 bits per heavy atom. The highest BCUT2D eigenvalue weighted by Gasteiger charge is 2.14. The van der Waals surface area contributed by atoms with Crippen LogP contribution in [0.5, 0.6) is 5.75 Å². The van der Waals surface area contributed by atoms with E-state index in [0.717, 1.165) is 25.0 Å². The molecule has 2 rings (SSSR count). The first-order valence-corrected chi connectivity index (χ1v) is 7.24. The van der Waals surface area contributed by atoms with Crippen LogP contribution >= 0.6 is 11.6 Å². The highest BCUT2D eigenvalue weighted by atomic mass is 35.5. The molecular formula is C15H19ClN2O2. The molecule has 0 radical (unpaired) electrons. The van der Waals surface area contributed by atoms with Crippen LogP contribution in [0.15, 0.2) is 29.4 Å². The maximum Gasteiger partial charge on any atom is 0.277 e. The molecule has 4 nitrogen and oxygen atoms in total. The van der Waals surface area contributed by atoms with Crippen molar-refractivity contribution < 1.29 is 9.53 Å². The van der Waals surface area contributed by atoms with Gasteiger partial charge >= 0.3 is 0 Å². The monoisotopic (exact) mass is 294 g/mol. The number of nitrogens with one attached hydrogen (secondary N) is 1. The number of amides is 1. The molecule has 20 heavy (non-hydrogen) atoms. The quantitative estimate of drug-likeness (QED) is 0.865. The van der Waals surface area contributed by atoms with E-state index in [9.17, 15) is 4.79 Å². The molecule has 1 amide bonds. The van der Waals surface area contributed by atoms with E-state index >= 15 is 0 Å². The molecule has 1 aliphatic rings. The molecule has 0 spiro atoms. The Balaban J connectivity index is 1.78. The van der Waals surface area contributed by atoms with Gasteiger partial charge in [0, 0.05) is 5.71 Å². The highest BCUT2D eigenvalue weighted by molar-refractivity contribution is 6.32. The van der Waals surface area contributed by atoms with E-state index in [1.165, 1.54) is 6.42 Å². The van der Waals surface area contributed by atoms with Crippen LogP contribution in [-0.4, -0.2) is 18.2 Å². The van der Waals surface area contributed by atoms with Crippen LogP contribution in [0.2, 0.25) is 5.02 Å². The third-order valence-corrected chi connectivity index (χ3v) is 3.59. The second kappa shape index (κ2) is 7.29. The average molecular weight is 295 g/mol. The summed E-state index contributed by atoms with van der Waals surface area (Å²) in [6.45, 7) is 2.12. The summed E-state index contributed by atoms with van der Waals surface area (Å²) in [5, 5.41) is 4.67. The molecule has 0 saturated heterocycles. The number of hydrogen-bond acceptors (Lipinski definition) is 3. The Morgan fingerprint density at radius 3 is 3.05 bits per heavy atom. The van der Waals surface area contributed by atoms with Crippen LogP contribution < -0.4 is 10.2 Å². The van der Waals surface area contributed by atoms with Crippen molar-refractivity contribution in [2.24, 2.45) is 11.0 Å². The van der Waals surface area contributed by atoms with Crippen molar-refractivity contribution in [2.75, 3.05) is 6.61 Å². The van der Waals surface area contributed by atoms with Gasteiger partial charge in [0.05, 0.1) is 5.02 Å². The first-order chi connectivity index (χ1) is 9.65. The van der Waals surface area contributed by atoms with E-state index in [0.29, 0.717) is 16.7 Å². The van der Waals surface area contributed by atoms with E-state index in [4.69, 9.17) is 16.3 Å². The van der Waals surface area contributed by atoms with E-state index < -0.39 is 0 Å².